The van der Waals surface area contributed by atoms with E-state index in [0.717, 1.165) is 0 Å². The standard InChI is InChI=1S/C13H11NO2.C6H4ClF/c15-13(16)14(11-7-3-1-4-8-11)12-9-5-2-6-10-12;7-5-2-1-3-6(8)4-5/h1-10H,(H,15,16);1-4H. The molecule has 0 saturated carbocycles. The summed E-state index contributed by atoms with van der Waals surface area (Å²) in [6.45, 7) is 0. The summed E-state index contributed by atoms with van der Waals surface area (Å²) in [7, 11) is 0. The minimum Gasteiger partial charge on any atom is -0.464 e. The number of rotatable bonds is 2. The van der Waals surface area contributed by atoms with Crippen LogP contribution in [0.15, 0.2) is 84.9 Å². The lowest BCUT2D eigenvalue weighted by Gasteiger charge is -2.18. The molecule has 0 fully saturated rings. The van der Waals surface area contributed by atoms with Crippen LogP contribution in [0.4, 0.5) is 20.6 Å². The number of hydrogen-bond acceptors (Lipinski definition) is 1. The number of para-hydroxylation sites is 2. The largest absolute Gasteiger partial charge is 0.464 e. The van der Waals surface area contributed by atoms with Gasteiger partial charge in [-0.05, 0) is 42.5 Å². The van der Waals surface area contributed by atoms with Gasteiger partial charge >= 0.3 is 6.09 Å². The zero-order valence-electron chi connectivity index (χ0n) is 12.6. The molecule has 1 N–H and O–H groups in total. The summed E-state index contributed by atoms with van der Waals surface area (Å²) in [6, 6.07) is 23.8. The van der Waals surface area contributed by atoms with Crippen LogP contribution in [-0.4, -0.2) is 11.2 Å². The van der Waals surface area contributed by atoms with Gasteiger partial charge in [-0.25, -0.2) is 14.1 Å². The van der Waals surface area contributed by atoms with Crippen molar-refractivity contribution in [2.45, 2.75) is 0 Å². The molecule has 0 unspecified atom stereocenters. The first-order valence-electron chi connectivity index (χ1n) is 7.12. The first kappa shape index (κ1) is 17.5. The summed E-state index contributed by atoms with van der Waals surface area (Å²) < 4.78 is 12.1. The number of carboxylic acid groups (broad SMARTS) is 1. The Bertz CT molecular complexity index is 725. The average molecular weight is 344 g/mol. The summed E-state index contributed by atoms with van der Waals surface area (Å²) in [5.41, 5.74) is 1.28. The predicted octanol–water partition coefficient (Wildman–Crippen LogP) is 5.98. The molecule has 1 amide bonds. The van der Waals surface area contributed by atoms with E-state index in [1.807, 2.05) is 36.4 Å². The maximum atomic E-state index is 12.1. The van der Waals surface area contributed by atoms with Crippen LogP contribution in [0.5, 0.6) is 0 Å². The molecule has 122 valence electrons. The number of benzene rings is 3. The third-order valence-electron chi connectivity index (χ3n) is 3.01. The summed E-state index contributed by atoms with van der Waals surface area (Å²) in [6.07, 6.45) is -0.989. The van der Waals surface area contributed by atoms with Crippen LogP contribution in [-0.2, 0) is 0 Å². The number of anilines is 2. The molecule has 0 aromatic heterocycles. The Morgan fingerprint density at radius 1 is 0.833 bits per heavy atom. The van der Waals surface area contributed by atoms with E-state index >= 15 is 0 Å². The van der Waals surface area contributed by atoms with Crippen LogP contribution in [0.25, 0.3) is 0 Å². The van der Waals surface area contributed by atoms with Gasteiger partial charge in [0.1, 0.15) is 5.82 Å². The number of hydrogen-bond donors (Lipinski definition) is 1. The molecule has 0 radical (unpaired) electrons. The lowest BCUT2D eigenvalue weighted by molar-refractivity contribution is 0.205. The second-order valence-corrected chi connectivity index (χ2v) is 5.17. The van der Waals surface area contributed by atoms with Gasteiger partial charge in [0, 0.05) is 5.02 Å². The molecule has 0 bridgehead atoms. The van der Waals surface area contributed by atoms with E-state index in [2.05, 4.69) is 0 Å². The molecule has 0 aliphatic carbocycles. The maximum absolute atomic E-state index is 12.1. The van der Waals surface area contributed by atoms with Gasteiger partial charge in [-0.2, -0.15) is 0 Å². The van der Waals surface area contributed by atoms with Crippen LogP contribution < -0.4 is 4.90 Å². The zero-order valence-corrected chi connectivity index (χ0v) is 13.4. The Kier molecular flexibility index (Phi) is 6.34. The van der Waals surface area contributed by atoms with Gasteiger partial charge in [0.05, 0.1) is 11.4 Å². The molecule has 0 heterocycles. The second-order valence-electron chi connectivity index (χ2n) is 4.73. The molecule has 0 spiro atoms. The van der Waals surface area contributed by atoms with Gasteiger partial charge in [-0.3, -0.25) is 0 Å². The van der Waals surface area contributed by atoms with E-state index in [-0.39, 0.29) is 5.82 Å². The lowest BCUT2D eigenvalue weighted by Crippen LogP contribution is -2.23. The molecule has 24 heavy (non-hydrogen) atoms. The molecule has 0 aliphatic heterocycles. The van der Waals surface area contributed by atoms with Gasteiger partial charge < -0.3 is 5.11 Å². The molecule has 5 heteroatoms. The quantitative estimate of drug-likeness (QED) is 0.621. The van der Waals surface area contributed by atoms with Crippen LogP contribution in [0, 0.1) is 5.82 Å². The highest BCUT2D eigenvalue weighted by Crippen LogP contribution is 2.24. The molecule has 3 aromatic carbocycles. The SMILES string of the molecule is Fc1cccc(Cl)c1.O=C(O)N(c1ccccc1)c1ccccc1. The van der Waals surface area contributed by atoms with Gasteiger partial charge in [0.2, 0.25) is 0 Å². The molecule has 0 saturated heterocycles. The van der Waals surface area contributed by atoms with Crippen molar-refractivity contribution in [2.24, 2.45) is 0 Å². The van der Waals surface area contributed by atoms with Crippen molar-refractivity contribution in [3.05, 3.63) is 95.8 Å². The van der Waals surface area contributed by atoms with Crippen LogP contribution in [0.1, 0.15) is 0 Å². The van der Waals surface area contributed by atoms with Gasteiger partial charge in [0.15, 0.2) is 0 Å². The van der Waals surface area contributed by atoms with Gasteiger partial charge in [-0.1, -0.05) is 54.1 Å². The van der Waals surface area contributed by atoms with Crippen molar-refractivity contribution >= 4 is 29.1 Å². The fourth-order valence-corrected chi connectivity index (χ4v) is 2.16. The maximum Gasteiger partial charge on any atom is 0.416 e. The molecular weight excluding hydrogens is 329 g/mol. The minimum absolute atomic E-state index is 0.294. The topological polar surface area (TPSA) is 40.5 Å². The summed E-state index contributed by atoms with van der Waals surface area (Å²) in [5.74, 6) is -0.294. The molecule has 3 aromatic rings. The van der Waals surface area contributed by atoms with Crippen molar-refractivity contribution in [3.63, 3.8) is 0 Å². The van der Waals surface area contributed by atoms with E-state index in [0.29, 0.717) is 16.4 Å². The van der Waals surface area contributed by atoms with E-state index in [9.17, 15) is 14.3 Å². The molecule has 0 aliphatic rings. The monoisotopic (exact) mass is 343 g/mol. The summed E-state index contributed by atoms with van der Waals surface area (Å²) in [4.78, 5) is 12.5. The minimum atomic E-state index is -0.989. The third kappa shape index (κ3) is 5.11. The van der Waals surface area contributed by atoms with Crippen molar-refractivity contribution < 1.29 is 14.3 Å². The second kappa shape index (κ2) is 8.70. The fraction of sp³-hybridized carbons (Fsp3) is 0. The van der Waals surface area contributed by atoms with Gasteiger partial charge in [0.25, 0.3) is 0 Å². The Balaban J connectivity index is 0.000000219. The Morgan fingerprint density at radius 3 is 1.67 bits per heavy atom. The molecule has 3 rings (SSSR count). The van der Waals surface area contributed by atoms with Gasteiger partial charge in [-0.15, -0.1) is 0 Å². The van der Waals surface area contributed by atoms with E-state index in [4.69, 9.17) is 11.6 Å². The number of carbonyl (C=O) groups is 1. The Morgan fingerprint density at radius 2 is 1.33 bits per heavy atom. The molecule has 3 nitrogen and oxygen atoms in total. The Labute approximate surface area is 144 Å². The summed E-state index contributed by atoms with van der Waals surface area (Å²) >= 11 is 5.40. The Hall–Kier alpha value is -2.85. The first-order chi connectivity index (χ1) is 11.6. The summed E-state index contributed by atoms with van der Waals surface area (Å²) in [5, 5.41) is 9.64. The third-order valence-corrected chi connectivity index (χ3v) is 3.24. The van der Waals surface area contributed by atoms with Crippen molar-refractivity contribution in [1.82, 2.24) is 0 Å². The zero-order chi connectivity index (χ0) is 17.4. The fourth-order valence-electron chi connectivity index (χ4n) is 1.98. The number of nitrogens with zero attached hydrogens (tertiary/aromatic N) is 1. The van der Waals surface area contributed by atoms with E-state index < -0.39 is 6.09 Å². The number of amides is 1. The van der Waals surface area contributed by atoms with Crippen LogP contribution in [0.3, 0.4) is 0 Å². The molecule has 0 atom stereocenters. The van der Waals surface area contributed by atoms with E-state index in [1.165, 1.54) is 17.0 Å². The highest BCUT2D eigenvalue weighted by atomic mass is 35.5. The number of halogens is 2. The average Bonchev–Trinajstić information content (AvgIpc) is 2.57. The van der Waals surface area contributed by atoms with Crippen molar-refractivity contribution in [1.29, 1.82) is 0 Å². The highest BCUT2D eigenvalue weighted by Gasteiger charge is 2.15. The molecular formula is C19H15ClFNO2. The van der Waals surface area contributed by atoms with Crippen molar-refractivity contribution in [3.8, 4) is 0 Å². The van der Waals surface area contributed by atoms with Crippen LogP contribution >= 0.6 is 11.6 Å². The smallest absolute Gasteiger partial charge is 0.416 e. The first-order valence-corrected chi connectivity index (χ1v) is 7.50. The van der Waals surface area contributed by atoms with E-state index in [1.54, 1.807) is 36.4 Å². The predicted molar refractivity (Wildman–Crippen MR) is 94.5 cm³/mol. The normalized spacial score (nSPS) is 9.58. The highest BCUT2D eigenvalue weighted by molar-refractivity contribution is 6.30. The lowest BCUT2D eigenvalue weighted by atomic mass is 10.2. The van der Waals surface area contributed by atoms with Crippen LogP contribution in [0.2, 0.25) is 5.02 Å². The van der Waals surface area contributed by atoms with Crippen molar-refractivity contribution in [2.75, 3.05) is 4.90 Å².